The summed E-state index contributed by atoms with van der Waals surface area (Å²) >= 11 is 0. The molecule has 1 heterocycles. The Hall–Kier alpha value is -1.85. The molecule has 0 spiro atoms. The van der Waals surface area contributed by atoms with Crippen molar-refractivity contribution in [3.63, 3.8) is 0 Å². The van der Waals surface area contributed by atoms with Gasteiger partial charge < -0.3 is 11.1 Å². The van der Waals surface area contributed by atoms with Crippen LogP contribution in [0.4, 0.5) is 5.82 Å². The fourth-order valence-corrected chi connectivity index (χ4v) is 0.785. The highest BCUT2D eigenvalue weighted by Gasteiger charge is 2.14. The van der Waals surface area contributed by atoms with Crippen LogP contribution in [0, 0.1) is 0 Å². The lowest BCUT2D eigenvalue weighted by Crippen LogP contribution is -2.24. The Kier molecular flexibility index (Phi) is 3.22. The van der Waals surface area contributed by atoms with Crippen molar-refractivity contribution in [2.45, 2.75) is 13.8 Å². The van der Waals surface area contributed by atoms with Gasteiger partial charge in [0.2, 0.25) is 11.5 Å². The van der Waals surface area contributed by atoms with E-state index in [-0.39, 0.29) is 17.4 Å². The maximum atomic E-state index is 11.3. The van der Waals surface area contributed by atoms with Gasteiger partial charge >= 0.3 is 0 Å². The van der Waals surface area contributed by atoms with Crippen molar-refractivity contribution in [2.75, 3.05) is 12.3 Å². The van der Waals surface area contributed by atoms with Crippen LogP contribution >= 0.6 is 0 Å². The minimum Gasteiger partial charge on any atom is -0.379 e. The third-order valence-corrected chi connectivity index (χ3v) is 1.50. The van der Waals surface area contributed by atoms with E-state index in [0.29, 0.717) is 6.54 Å². The average Bonchev–Trinajstić information content (AvgIpc) is 2.50. The Morgan fingerprint density at radius 2 is 2.29 bits per heavy atom. The van der Waals surface area contributed by atoms with Crippen molar-refractivity contribution < 1.29 is 9.42 Å². The first-order chi connectivity index (χ1) is 6.61. The number of nitrogens with zero attached hydrogens (tertiary/aromatic N) is 2. The normalized spacial score (nSPS) is 9.57. The van der Waals surface area contributed by atoms with E-state index < -0.39 is 0 Å². The van der Waals surface area contributed by atoms with E-state index in [1.54, 1.807) is 0 Å². The molecule has 0 aliphatic heterocycles. The number of aromatic nitrogens is 2. The predicted molar refractivity (Wildman–Crippen MR) is 50.5 cm³/mol. The van der Waals surface area contributed by atoms with E-state index in [4.69, 9.17) is 5.73 Å². The topological polar surface area (TPSA) is 94.0 Å². The molecule has 1 amide bonds. The fraction of sp³-hybridized carbons (Fsp3) is 0.375. The molecule has 0 saturated heterocycles. The molecule has 3 N–H and O–H groups in total. The highest BCUT2D eigenvalue weighted by atomic mass is 16.6. The van der Waals surface area contributed by atoms with Crippen molar-refractivity contribution >= 4 is 11.7 Å². The molecule has 1 aromatic rings. The summed E-state index contributed by atoms with van der Waals surface area (Å²) in [5.74, 6) is -0.388. The highest BCUT2D eigenvalue weighted by Crippen LogP contribution is 2.02. The molecule has 76 valence electrons. The molecule has 0 fully saturated rings. The van der Waals surface area contributed by atoms with Gasteiger partial charge in [0.25, 0.3) is 5.91 Å². The van der Waals surface area contributed by atoms with Crippen LogP contribution in [0.25, 0.3) is 0 Å². The van der Waals surface area contributed by atoms with Crippen LogP contribution in [-0.4, -0.2) is 22.8 Å². The van der Waals surface area contributed by atoms with Crippen LogP contribution in [0.15, 0.2) is 16.3 Å². The van der Waals surface area contributed by atoms with Gasteiger partial charge in [-0.25, -0.2) is 4.63 Å². The van der Waals surface area contributed by atoms with Crippen LogP contribution < -0.4 is 11.1 Å². The molecule has 0 aromatic carbocycles. The average molecular weight is 196 g/mol. The molecule has 0 aliphatic carbocycles. The van der Waals surface area contributed by atoms with Crippen molar-refractivity contribution in [2.24, 2.45) is 0 Å². The standard InChI is InChI=1S/C8H12N4O2/c1-5(2)3-4-10-8(13)6-7(9)12-14-11-6/h3H,4H2,1-2H3,(H2,9,12)(H,10,13). The molecule has 6 nitrogen and oxygen atoms in total. The first-order valence-corrected chi connectivity index (χ1v) is 4.11. The second kappa shape index (κ2) is 4.40. The Bertz CT molecular complexity index is 352. The number of carbonyl (C=O) groups is 1. The molecule has 0 saturated carbocycles. The third kappa shape index (κ3) is 2.58. The summed E-state index contributed by atoms with van der Waals surface area (Å²) in [6.07, 6.45) is 1.88. The predicted octanol–water partition coefficient (Wildman–Crippen LogP) is 0.348. The van der Waals surface area contributed by atoms with Crippen LogP contribution in [0.1, 0.15) is 24.3 Å². The Labute approximate surface area is 81.1 Å². The molecule has 0 radical (unpaired) electrons. The largest absolute Gasteiger partial charge is 0.379 e. The van der Waals surface area contributed by atoms with E-state index in [2.05, 4.69) is 20.3 Å². The summed E-state index contributed by atoms with van der Waals surface area (Å²) in [5.41, 5.74) is 6.47. The molecule has 0 atom stereocenters. The third-order valence-electron chi connectivity index (χ3n) is 1.50. The van der Waals surface area contributed by atoms with E-state index in [9.17, 15) is 4.79 Å². The molecular weight excluding hydrogens is 184 g/mol. The zero-order valence-electron chi connectivity index (χ0n) is 8.07. The van der Waals surface area contributed by atoms with Gasteiger partial charge in [0.15, 0.2) is 0 Å². The van der Waals surface area contributed by atoms with Gasteiger partial charge in [-0.15, -0.1) is 0 Å². The lowest BCUT2D eigenvalue weighted by Gasteiger charge is -1.98. The van der Waals surface area contributed by atoms with Gasteiger partial charge in [0, 0.05) is 6.54 Å². The number of amides is 1. The number of nitrogens with one attached hydrogen (secondary N) is 1. The van der Waals surface area contributed by atoms with Gasteiger partial charge in [-0.2, -0.15) is 0 Å². The van der Waals surface area contributed by atoms with E-state index in [1.807, 2.05) is 19.9 Å². The number of nitrogen functional groups attached to an aromatic ring is 1. The van der Waals surface area contributed by atoms with Gasteiger partial charge in [-0.1, -0.05) is 11.6 Å². The monoisotopic (exact) mass is 196 g/mol. The SMILES string of the molecule is CC(C)=CCNC(=O)c1nonc1N. The smallest absolute Gasteiger partial charge is 0.277 e. The Morgan fingerprint density at radius 1 is 1.57 bits per heavy atom. The number of anilines is 1. The van der Waals surface area contributed by atoms with Gasteiger partial charge in [0.05, 0.1) is 0 Å². The molecule has 0 bridgehead atoms. The lowest BCUT2D eigenvalue weighted by molar-refractivity contribution is 0.0949. The first kappa shape index (κ1) is 10.2. The van der Waals surface area contributed by atoms with Gasteiger partial charge in [-0.05, 0) is 24.2 Å². The van der Waals surface area contributed by atoms with Crippen LogP contribution in [0.5, 0.6) is 0 Å². The lowest BCUT2D eigenvalue weighted by atomic mass is 10.3. The zero-order chi connectivity index (χ0) is 10.6. The molecule has 6 heteroatoms. The number of carbonyl (C=O) groups excluding carboxylic acids is 1. The van der Waals surface area contributed by atoms with Crippen LogP contribution in [-0.2, 0) is 0 Å². The van der Waals surface area contributed by atoms with Crippen molar-refractivity contribution in [1.29, 1.82) is 0 Å². The molecule has 1 rings (SSSR count). The van der Waals surface area contributed by atoms with Gasteiger partial charge in [0.1, 0.15) is 0 Å². The van der Waals surface area contributed by atoms with E-state index >= 15 is 0 Å². The maximum absolute atomic E-state index is 11.3. The maximum Gasteiger partial charge on any atom is 0.277 e. The van der Waals surface area contributed by atoms with Crippen LogP contribution in [0.2, 0.25) is 0 Å². The fourth-order valence-electron chi connectivity index (χ4n) is 0.785. The minimum atomic E-state index is -0.388. The summed E-state index contributed by atoms with van der Waals surface area (Å²) in [5, 5.41) is 9.27. The van der Waals surface area contributed by atoms with Crippen molar-refractivity contribution in [3.8, 4) is 0 Å². The van der Waals surface area contributed by atoms with E-state index in [1.165, 1.54) is 0 Å². The molecular formula is C8H12N4O2. The number of hydrogen-bond donors (Lipinski definition) is 2. The number of hydrogen-bond acceptors (Lipinski definition) is 5. The van der Waals surface area contributed by atoms with Crippen molar-refractivity contribution in [1.82, 2.24) is 15.6 Å². The number of allylic oxidation sites excluding steroid dienone is 1. The van der Waals surface area contributed by atoms with Crippen LogP contribution in [0.3, 0.4) is 0 Å². The van der Waals surface area contributed by atoms with Gasteiger partial charge in [-0.3, -0.25) is 4.79 Å². The molecule has 14 heavy (non-hydrogen) atoms. The second-order valence-electron chi connectivity index (χ2n) is 2.99. The minimum absolute atomic E-state index is 0.000278. The molecule has 0 aliphatic rings. The van der Waals surface area contributed by atoms with Crippen molar-refractivity contribution in [3.05, 3.63) is 17.3 Å². The number of nitrogens with two attached hydrogens (primary N) is 1. The Morgan fingerprint density at radius 3 is 2.79 bits per heavy atom. The first-order valence-electron chi connectivity index (χ1n) is 4.11. The second-order valence-corrected chi connectivity index (χ2v) is 2.99. The molecule has 0 unspecified atom stereocenters. The summed E-state index contributed by atoms with van der Waals surface area (Å²) in [7, 11) is 0. The highest BCUT2D eigenvalue weighted by molar-refractivity contribution is 5.96. The molecule has 1 aromatic heterocycles. The Balaban J connectivity index is 2.52. The summed E-state index contributed by atoms with van der Waals surface area (Å²) in [6, 6.07) is 0. The quantitative estimate of drug-likeness (QED) is 0.680. The van der Waals surface area contributed by atoms with E-state index in [0.717, 1.165) is 5.57 Å². The summed E-state index contributed by atoms with van der Waals surface area (Å²) in [6.45, 7) is 4.32. The summed E-state index contributed by atoms with van der Waals surface area (Å²) in [4.78, 5) is 11.3. The number of rotatable bonds is 3. The summed E-state index contributed by atoms with van der Waals surface area (Å²) < 4.78 is 4.29. The zero-order valence-corrected chi connectivity index (χ0v) is 8.07.